The normalized spacial score (nSPS) is 16.7. The van der Waals surface area contributed by atoms with Crippen LogP contribution in [0.25, 0.3) is 0 Å². The van der Waals surface area contributed by atoms with Crippen molar-refractivity contribution in [1.29, 1.82) is 0 Å². The Labute approximate surface area is 145 Å². The van der Waals surface area contributed by atoms with Gasteiger partial charge < -0.3 is 10.2 Å². The zero-order chi connectivity index (χ0) is 17.2. The van der Waals surface area contributed by atoms with Crippen molar-refractivity contribution in [2.75, 3.05) is 18.4 Å². The first-order valence-corrected chi connectivity index (χ1v) is 8.94. The number of amides is 2. The number of thiazole rings is 1. The van der Waals surface area contributed by atoms with Gasteiger partial charge in [0.25, 0.3) is 0 Å². The molecule has 5 nitrogen and oxygen atoms in total. The SMILES string of the molecule is CC(=O)N1CCC(C(=O)Nc2nc(C)cs2)(c2ccccc2)CC1. The molecule has 1 N–H and O–H groups in total. The Kier molecular flexibility index (Phi) is 4.66. The Morgan fingerprint density at radius 2 is 1.88 bits per heavy atom. The lowest BCUT2D eigenvalue weighted by atomic mass is 9.72. The molecule has 0 atom stereocenters. The number of carbonyl (C=O) groups excluding carboxylic acids is 2. The van der Waals surface area contributed by atoms with Gasteiger partial charge in [0, 0.05) is 25.4 Å². The number of piperidine rings is 1. The second-order valence-corrected chi connectivity index (χ2v) is 7.06. The monoisotopic (exact) mass is 343 g/mol. The van der Waals surface area contributed by atoms with Crippen molar-refractivity contribution < 1.29 is 9.59 Å². The highest BCUT2D eigenvalue weighted by atomic mass is 32.1. The number of nitrogens with zero attached hydrogens (tertiary/aromatic N) is 2. The van der Waals surface area contributed by atoms with E-state index in [2.05, 4.69) is 10.3 Å². The van der Waals surface area contributed by atoms with Crippen molar-refractivity contribution in [3.63, 3.8) is 0 Å². The number of rotatable bonds is 3. The van der Waals surface area contributed by atoms with Crippen molar-refractivity contribution >= 4 is 28.3 Å². The molecule has 0 radical (unpaired) electrons. The molecule has 6 heteroatoms. The van der Waals surface area contributed by atoms with Gasteiger partial charge in [-0.15, -0.1) is 11.3 Å². The van der Waals surface area contributed by atoms with Crippen LogP contribution < -0.4 is 5.32 Å². The number of nitrogens with one attached hydrogen (secondary N) is 1. The number of aryl methyl sites for hydroxylation is 1. The summed E-state index contributed by atoms with van der Waals surface area (Å²) in [6.45, 7) is 4.67. The number of likely N-dealkylation sites (tertiary alicyclic amines) is 1. The van der Waals surface area contributed by atoms with E-state index in [1.54, 1.807) is 6.92 Å². The van der Waals surface area contributed by atoms with E-state index in [-0.39, 0.29) is 11.8 Å². The van der Waals surface area contributed by atoms with Gasteiger partial charge in [-0.2, -0.15) is 0 Å². The maximum Gasteiger partial charge on any atom is 0.236 e. The highest BCUT2D eigenvalue weighted by molar-refractivity contribution is 7.13. The summed E-state index contributed by atoms with van der Waals surface area (Å²) in [4.78, 5) is 30.9. The first kappa shape index (κ1) is 16.6. The smallest absolute Gasteiger partial charge is 0.236 e. The van der Waals surface area contributed by atoms with E-state index in [1.807, 2.05) is 47.5 Å². The van der Waals surface area contributed by atoms with Crippen LogP contribution in [-0.2, 0) is 15.0 Å². The van der Waals surface area contributed by atoms with E-state index >= 15 is 0 Å². The predicted molar refractivity (Wildman–Crippen MR) is 95.1 cm³/mol. The van der Waals surface area contributed by atoms with Crippen LogP contribution in [-0.4, -0.2) is 34.8 Å². The average molecular weight is 343 g/mol. The molecule has 1 aromatic carbocycles. The van der Waals surface area contributed by atoms with Crippen LogP contribution in [0.1, 0.15) is 31.0 Å². The predicted octanol–water partition coefficient (Wildman–Crippen LogP) is 2.97. The zero-order valence-electron chi connectivity index (χ0n) is 13.9. The summed E-state index contributed by atoms with van der Waals surface area (Å²) in [5.41, 5.74) is 1.28. The molecule has 0 spiro atoms. The molecule has 126 valence electrons. The van der Waals surface area contributed by atoms with Gasteiger partial charge in [-0.1, -0.05) is 30.3 Å². The minimum Gasteiger partial charge on any atom is -0.343 e. The van der Waals surface area contributed by atoms with E-state index in [4.69, 9.17) is 0 Å². The Hall–Kier alpha value is -2.21. The van der Waals surface area contributed by atoms with Crippen LogP contribution in [0.2, 0.25) is 0 Å². The molecule has 1 aliphatic rings. The molecule has 0 aliphatic carbocycles. The highest BCUT2D eigenvalue weighted by Crippen LogP contribution is 2.37. The van der Waals surface area contributed by atoms with Crippen LogP contribution in [0.15, 0.2) is 35.7 Å². The van der Waals surface area contributed by atoms with Crippen molar-refractivity contribution in [2.24, 2.45) is 0 Å². The molecule has 3 rings (SSSR count). The summed E-state index contributed by atoms with van der Waals surface area (Å²) >= 11 is 1.43. The molecule has 2 heterocycles. The number of hydrogen-bond acceptors (Lipinski definition) is 4. The summed E-state index contributed by atoms with van der Waals surface area (Å²) in [7, 11) is 0. The van der Waals surface area contributed by atoms with E-state index in [1.165, 1.54) is 11.3 Å². The van der Waals surface area contributed by atoms with Crippen molar-refractivity contribution in [1.82, 2.24) is 9.88 Å². The third-order valence-electron chi connectivity index (χ3n) is 4.66. The van der Waals surface area contributed by atoms with E-state index in [0.717, 1.165) is 11.3 Å². The third-order valence-corrected chi connectivity index (χ3v) is 5.54. The topological polar surface area (TPSA) is 62.3 Å². The van der Waals surface area contributed by atoms with Gasteiger partial charge in [0.2, 0.25) is 11.8 Å². The van der Waals surface area contributed by atoms with Crippen LogP contribution in [0, 0.1) is 6.92 Å². The van der Waals surface area contributed by atoms with Gasteiger partial charge in [0.15, 0.2) is 5.13 Å². The quantitative estimate of drug-likeness (QED) is 0.932. The van der Waals surface area contributed by atoms with Crippen LogP contribution >= 0.6 is 11.3 Å². The lowest BCUT2D eigenvalue weighted by Crippen LogP contribution is -2.50. The largest absolute Gasteiger partial charge is 0.343 e. The lowest BCUT2D eigenvalue weighted by Gasteiger charge is -2.40. The standard InChI is InChI=1S/C18H21N3O2S/c1-13-12-24-17(19-13)20-16(23)18(15-6-4-3-5-7-15)8-10-21(11-9-18)14(2)22/h3-7,12H,8-11H2,1-2H3,(H,19,20,23). The summed E-state index contributed by atoms with van der Waals surface area (Å²) in [5.74, 6) is 0.0267. The maximum atomic E-state index is 13.1. The molecular weight excluding hydrogens is 322 g/mol. The summed E-state index contributed by atoms with van der Waals surface area (Å²) < 4.78 is 0. The maximum absolute atomic E-state index is 13.1. The number of aromatic nitrogens is 1. The molecule has 2 amide bonds. The Morgan fingerprint density at radius 1 is 1.21 bits per heavy atom. The van der Waals surface area contributed by atoms with Gasteiger partial charge >= 0.3 is 0 Å². The number of hydrogen-bond donors (Lipinski definition) is 1. The molecule has 1 saturated heterocycles. The van der Waals surface area contributed by atoms with Gasteiger partial charge in [-0.25, -0.2) is 4.98 Å². The molecule has 0 unspecified atom stereocenters. The first-order valence-electron chi connectivity index (χ1n) is 8.06. The van der Waals surface area contributed by atoms with Crippen molar-refractivity contribution in [3.8, 4) is 0 Å². The fourth-order valence-corrected chi connectivity index (χ4v) is 3.92. The zero-order valence-corrected chi connectivity index (χ0v) is 14.7. The van der Waals surface area contributed by atoms with E-state index < -0.39 is 5.41 Å². The number of anilines is 1. The van der Waals surface area contributed by atoms with Gasteiger partial charge in [-0.05, 0) is 25.3 Å². The summed E-state index contributed by atoms with van der Waals surface area (Å²) in [6, 6.07) is 9.85. The van der Waals surface area contributed by atoms with Gasteiger partial charge in [0.1, 0.15) is 0 Å². The molecule has 1 aliphatic heterocycles. The fourth-order valence-electron chi connectivity index (χ4n) is 3.24. The minimum atomic E-state index is -0.618. The van der Waals surface area contributed by atoms with Crippen LogP contribution in [0.3, 0.4) is 0 Å². The van der Waals surface area contributed by atoms with E-state index in [0.29, 0.717) is 31.1 Å². The number of benzene rings is 1. The molecule has 2 aromatic rings. The fraction of sp³-hybridized carbons (Fsp3) is 0.389. The molecular formula is C18H21N3O2S. The van der Waals surface area contributed by atoms with E-state index in [9.17, 15) is 9.59 Å². The Balaban J connectivity index is 1.88. The second-order valence-electron chi connectivity index (χ2n) is 6.20. The summed E-state index contributed by atoms with van der Waals surface area (Å²) in [6.07, 6.45) is 1.24. The Bertz CT molecular complexity index is 734. The van der Waals surface area contributed by atoms with Crippen LogP contribution in [0.5, 0.6) is 0 Å². The molecule has 1 aromatic heterocycles. The average Bonchev–Trinajstić information content (AvgIpc) is 3.00. The van der Waals surface area contributed by atoms with Gasteiger partial charge in [0.05, 0.1) is 11.1 Å². The molecule has 24 heavy (non-hydrogen) atoms. The lowest BCUT2D eigenvalue weighted by molar-refractivity contribution is -0.133. The highest BCUT2D eigenvalue weighted by Gasteiger charge is 2.43. The third kappa shape index (κ3) is 3.19. The number of carbonyl (C=O) groups is 2. The van der Waals surface area contributed by atoms with Gasteiger partial charge in [-0.3, -0.25) is 9.59 Å². The van der Waals surface area contributed by atoms with Crippen LogP contribution in [0.4, 0.5) is 5.13 Å². The second kappa shape index (κ2) is 6.73. The molecule has 0 saturated carbocycles. The molecule has 0 bridgehead atoms. The molecule has 1 fully saturated rings. The minimum absolute atomic E-state index is 0.0359. The van der Waals surface area contributed by atoms with Crippen molar-refractivity contribution in [2.45, 2.75) is 32.1 Å². The Morgan fingerprint density at radius 3 is 2.42 bits per heavy atom. The van der Waals surface area contributed by atoms with Crippen molar-refractivity contribution in [3.05, 3.63) is 47.0 Å². The first-order chi connectivity index (χ1) is 11.5. The summed E-state index contributed by atoms with van der Waals surface area (Å²) in [5, 5.41) is 5.53.